The maximum absolute atomic E-state index is 13.1. The third kappa shape index (κ3) is 4.74. The molecular formula is C22H25FN4O2. The molecule has 0 saturated carbocycles. The van der Waals surface area contributed by atoms with Crippen LogP contribution in [0.2, 0.25) is 0 Å². The number of carbonyl (C=O) groups excluding carboxylic acids is 2. The standard InChI is InChI=1S/C22H25FN4O2/c23-17-3-7-19(8-4-17)26-14-12-25(13-15-26)16-21(28)24-18-5-9-20(10-6-18)27-11-1-2-22(27)29/h3-10H,1-2,11-16H2,(H,24,28). The molecule has 2 aliphatic rings. The summed E-state index contributed by atoms with van der Waals surface area (Å²) in [6, 6.07) is 13.9. The van der Waals surface area contributed by atoms with E-state index in [0.717, 1.165) is 56.2 Å². The lowest BCUT2D eigenvalue weighted by Crippen LogP contribution is -2.48. The number of amides is 2. The molecule has 6 nitrogen and oxygen atoms in total. The predicted molar refractivity (Wildman–Crippen MR) is 112 cm³/mol. The summed E-state index contributed by atoms with van der Waals surface area (Å²) in [7, 11) is 0. The first-order chi connectivity index (χ1) is 14.1. The smallest absolute Gasteiger partial charge is 0.238 e. The minimum atomic E-state index is -0.232. The van der Waals surface area contributed by atoms with Crippen molar-refractivity contribution in [1.29, 1.82) is 0 Å². The number of hydrogen-bond donors (Lipinski definition) is 1. The van der Waals surface area contributed by atoms with Crippen molar-refractivity contribution in [2.75, 3.05) is 54.4 Å². The first-order valence-electron chi connectivity index (χ1n) is 10.0. The topological polar surface area (TPSA) is 55.9 Å². The SMILES string of the molecule is O=C(CN1CCN(c2ccc(F)cc2)CC1)Nc1ccc(N2CCCC2=O)cc1. The van der Waals surface area contributed by atoms with Crippen LogP contribution in [0.1, 0.15) is 12.8 Å². The van der Waals surface area contributed by atoms with E-state index in [4.69, 9.17) is 0 Å². The minimum absolute atomic E-state index is 0.0507. The molecule has 4 rings (SSSR count). The first-order valence-corrected chi connectivity index (χ1v) is 10.0. The molecule has 0 bridgehead atoms. The summed E-state index contributed by atoms with van der Waals surface area (Å²) in [6.07, 6.45) is 1.50. The van der Waals surface area contributed by atoms with Crippen LogP contribution in [0, 0.1) is 5.82 Å². The summed E-state index contributed by atoms with van der Waals surface area (Å²) in [5.74, 6) is -0.129. The second-order valence-corrected chi connectivity index (χ2v) is 7.48. The minimum Gasteiger partial charge on any atom is -0.369 e. The van der Waals surface area contributed by atoms with Gasteiger partial charge < -0.3 is 15.1 Å². The van der Waals surface area contributed by atoms with Crippen molar-refractivity contribution in [2.45, 2.75) is 12.8 Å². The maximum Gasteiger partial charge on any atom is 0.238 e. The van der Waals surface area contributed by atoms with E-state index in [1.165, 1.54) is 12.1 Å². The number of anilines is 3. The Labute approximate surface area is 169 Å². The van der Waals surface area contributed by atoms with Crippen molar-refractivity contribution in [3.8, 4) is 0 Å². The predicted octanol–water partition coefficient (Wildman–Crippen LogP) is 2.71. The van der Waals surface area contributed by atoms with Crippen molar-refractivity contribution in [3.63, 3.8) is 0 Å². The van der Waals surface area contributed by atoms with Gasteiger partial charge in [-0.1, -0.05) is 0 Å². The van der Waals surface area contributed by atoms with Crippen molar-refractivity contribution in [1.82, 2.24) is 4.90 Å². The Balaban J connectivity index is 1.25. The third-order valence-corrected chi connectivity index (χ3v) is 5.47. The van der Waals surface area contributed by atoms with Gasteiger partial charge in [0.05, 0.1) is 6.54 Å². The Morgan fingerprint density at radius 1 is 0.897 bits per heavy atom. The summed E-state index contributed by atoms with van der Waals surface area (Å²) in [6.45, 7) is 4.26. The van der Waals surface area contributed by atoms with Gasteiger partial charge in [0.2, 0.25) is 11.8 Å². The highest BCUT2D eigenvalue weighted by Crippen LogP contribution is 2.23. The zero-order valence-corrected chi connectivity index (χ0v) is 16.3. The van der Waals surface area contributed by atoms with E-state index in [9.17, 15) is 14.0 Å². The summed E-state index contributed by atoms with van der Waals surface area (Å²) < 4.78 is 13.1. The van der Waals surface area contributed by atoms with Gasteiger partial charge in [0, 0.05) is 56.2 Å². The van der Waals surface area contributed by atoms with E-state index >= 15 is 0 Å². The Kier molecular flexibility index (Phi) is 5.76. The van der Waals surface area contributed by atoms with Crippen molar-refractivity contribution < 1.29 is 14.0 Å². The van der Waals surface area contributed by atoms with Crippen molar-refractivity contribution in [2.24, 2.45) is 0 Å². The summed E-state index contributed by atoms with van der Waals surface area (Å²) in [4.78, 5) is 30.3. The molecule has 2 heterocycles. The van der Waals surface area contributed by atoms with Gasteiger partial charge in [-0.15, -0.1) is 0 Å². The third-order valence-electron chi connectivity index (χ3n) is 5.47. The fourth-order valence-corrected chi connectivity index (χ4v) is 3.87. The fourth-order valence-electron chi connectivity index (χ4n) is 3.87. The lowest BCUT2D eigenvalue weighted by molar-refractivity contribution is -0.118. The van der Waals surface area contributed by atoms with Gasteiger partial charge in [-0.3, -0.25) is 14.5 Å². The molecular weight excluding hydrogens is 371 g/mol. The zero-order valence-electron chi connectivity index (χ0n) is 16.3. The molecule has 0 radical (unpaired) electrons. The summed E-state index contributed by atoms with van der Waals surface area (Å²) >= 11 is 0. The van der Waals surface area contributed by atoms with Crippen LogP contribution in [0.4, 0.5) is 21.5 Å². The average molecular weight is 396 g/mol. The molecule has 152 valence electrons. The Hall–Kier alpha value is -2.93. The van der Waals surface area contributed by atoms with Gasteiger partial charge >= 0.3 is 0 Å². The van der Waals surface area contributed by atoms with E-state index in [2.05, 4.69) is 15.1 Å². The molecule has 2 aromatic carbocycles. The normalized spacial score (nSPS) is 17.6. The molecule has 0 aliphatic carbocycles. The molecule has 0 unspecified atom stereocenters. The number of rotatable bonds is 5. The van der Waals surface area contributed by atoms with Gasteiger partial charge in [0.15, 0.2) is 0 Å². The van der Waals surface area contributed by atoms with Crippen LogP contribution in [0.5, 0.6) is 0 Å². The molecule has 2 fully saturated rings. The molecule has 29 heavy (non-hydrogen) atoms. The lowest BCUT2D eigenvalue weighted by Gasteiger charge is -2.35. The average Bonchev–Trinajstić information content (AvgIpc) is 3.16. The highest BCUT2D eigenvalue weighted by molar-refractivity contribution is 5.96. The lowest BCUT2D eigenvalue weighted by atomic mass is 10.2. The molecule has 2 amide bonds. The van der Waals surface area contributed by atoms with Gasteiger partial charge in [-0.05, 0) is 55.0 Å². The highest BCUT2D eigenvalue weighted by atomic mass is 19.1. The van der Waals surface area contributed by atoms with Crippen LogP contribution in [0.25, 0.3) is 0 Å². The van der Waals surface area contributed by atoms with Gasteiger partial charge in [0.25, 0.3) is 0 Å². The van der Waals surface area contributed by atoms with Crippen LogP contribution >= 0.6 is 0 Å². The summed E-state index contributed by atoms with van der Waals surface area (Å²) in [5.41, 5.74) is 2.62. The van der Waals surface area contributed by atoms with Gasteiger partial charge in [-0.25, -0.2) is 4.39 Å². The number of benzene rings is 2. The number of nitrogens with zero attached hydrogens (tertiary/aromatic N) is 3. The molecule has 0 aromatic heterocycles. The maximum atomic E-state index is 13.1. The fraction of sp³-hybridized carbons (Fsp3) is 0.364. The molecule has 2 saturated heterocycles. The molecule has 2 aliphatic heterocycles. The van der Waals surface area contributed by atoms with Crippen LogP contribution in [0.15, 0.2) is 48.5 Å². The Bertz CT molecular complexity index is 861. The number of carbonyl (C=O) groups is 2. The Morgan fingerprint density at radius 2 is 1.55 bits per heavy atom. The van der Waals surface area contributed by atoms with Gasteiger partial charge in [-0.2, -0.15) is 0 Å². The number of nitrogens with one attached hydrogen (secondary N) is 1. The van der Waals surface area contributed by atoms with E-state index in [-0.39, 0.29) is 17.6 Å². The van der Waals surface area contributed by atoms with E-state index < -0.39 is 0 Å². The number of halogens is 1. The zero-order chi connectivity index (χ0) is 20.2. The molecule has 0 spiro atoms. The van der Waals surface area contributed by atoms with E-state index in [1.54, 1.807) is 17.0 Å². The van der Waals surface area contributed by atoms with E-state index in [1.807, 2.05) is 24.3 Å². The molecule has 2 aromatic rings. The van der Waals surface area contributed by atoms with Crippen LogP contribution in [0.3, 0.4) is 0 Å². The van der Waals surface area contributed by atoms with Crippen molar-refractivity contribution >= 4 is 28.9 Å². The van der Waals surface area contributed by atoms with Crippen LogP contribution < -0.4 is 15.1 Å². The highest BCUT2D eigenvalue weighted by Gasteiger charge is 2.22. The van der Waals surface area contributed by atoms with Gasteiger partial charge in [0.1, 0.15) is 5.82 Å². The quantitative estimate of drug-likeness (QED) is 0.844. The largest absolute Gasteiger partial charge is 0.369 e. The number of hydrogen-bond acceptors (Lipinski definition) is 4. The van der Waals surface area contributed by atoms with Crippen LogP contribution in [-0.4, -0.2) is 56.0 Å². The first kappa shape index (κ1) is 19.4. The Morgan fingerprint density at radius 3 is 2.17 bits per heavy atom. The molecule has 7 heteroatoms. The molecule has 1 N–H and O–H groups in total. The monoisotopic (exact) mass is 396 g/mol. The number of piperazine rings is 1. The van der Waals surface area contributed by atoms with Crippen LogP contribution in [-0.2, 0) is 9.59 Å². The second kappa shape index (κ2) is 8.61. The second-order valence-electron chi connectivity index (χ2n) is 7.48. The van der Waals surface area contributed by atoms with E-state index in [0.29, 0.717) is 13.0 Å². The van der Waals surface area contributed by atoms with Crippen molar-refractivity contribution in [3.05, 3.63) is 54.3 Å². The molecule has 0 atom stereocenters. The summed E-state index contributed by atoms with van der Waals surface area (Å²) in [5, 5.41) is 2.93.